The Morgan fingerprint density at radius 2 is 1.96 bits per heavy atom. The first-order chi connectivity index (χ1) is 12.6. The predicted molar refractivity (Wildman–Crippen MR) is 95.5 cm³/mol. The molecule has 2 heterocycles. The lowest BCUT2D eigenvalue weighted by molar-refractivity contribution is 0.0601. The van der Waals surface area contributed by atoms with Gasteiger partial charge in [-0.15, -0.1) is 0 Å². The number of ether oxygens (including phenoxy) is 2. The van der Waals surface area contributed by atoms with Crippen LogP contribution >= 0.6 is 0 Å². The molecular formula is C19H14N2O5. The smallest absolute Gasteiger partial charge is 0.347 e. The van der Waals surface area contributed by atoms with Gasteiger partial charge >= 0.3 is 11.6 Å². The summed E-state index contributed by atoms with van der Waals surface area (Å²) >= 11 is 0. The van der Waals surface area contributed by atoms with Crippen LogP contribution in [0.5, 0.6) is 5.75 Å². The molecule has 0 unspecified atom stereocenters. The summed E-state index contributed by atoms with van der Waals surface area (Å²) in [6.45, 7) is 0. The number of rotatable bonds is 3. The minimum atomic E-state index is -0.505. The highest BCUT2D eigenvalue weighted by Gasteiger charge is 2.14. The molecule has 4 aromatic rings. The topological polar surface area (TPSA) is 94.4 Å². The minimum Gasteiger partial charge on any atom is -0.497 e. The number of aromatic amines is 1. The molecule has 0 amide bonds. The zero-order valence-corrected chi connectivity index (χ0v) is 14.0. The fraction of sp³-hybridized carbons (Fsp3) is 0.105. The highest BCUT2D eigenvalue weighted by atomic mass is 16.5. The van der Waals surface area contributed by atoms with Gasteiger partial charge in [-0.3, -0.25) is 0 Å². The van der Waals surface area contributed by atoms with E-state index < -0.39 is 11.6 Å². The lowest BCUT2D eigenvalue weighted by Crippen LogP contribution is -2.03. The van der Waals surface area contributed by atoms with Gasteiger partial charge in [0.15, 0.2) is 0 Å². The molecule has 0 bridgehead atoms. The van der Waals surface area contributed by atoms with E-state index in [1.807, 2.05) is 0 Å². The maximum absolute atomic E-state index is 12.4. The summed E-state index contributed by atoms with van der Waals surface area (Å²) in [6, 6.07) is 11.8. The van der Waals surface area contributed by atoms with Crippen molar-refractivity contribution in [2.75, 3.05) is 14.2 Å². The second-order valence-electron chi connectivity index (χ2n) is 5.66. The highest BCUT2D eigenvalue weighted by molar-refractivity contribution is 5.94. The summed E-state index contributed by atoms with van der Waals surface area (Å²) in [6.07, 6.45) is 0. The van der Waals surface area contributed by atoms with E-state index in [1.54, 1.807) is 49.6 Å². The molecule has 0 radical (unpaired) electrons. The van der Waals surface area contributed by atoms with Crippen molar-refractivity contribution in [1.29, 1.82) is 0 Å². The second-order valence-corrected chi connectivity index (χ2v) is 5.66. The molecule has 0 aliphatic heterocycles. The molecule has 0 aliphatic carbocycles. The van der Waals surface area contributed by atoms with E-state index in [2.05, 4.69) is 9.97 Å². The number of carbonyl (C=O) groups is 1. The van der Waals surface area contributed by atoms with Crippen molar-refractivity contribution in [3.8, 4) is 17.1 Å². The number of H-pyrrole nitrogens is 1. The van der Waals surface area contributed by atoms with Crippen LogP contribution in [-0.2, 0) is 4.74 Å². The Bertz CT molecular complexity index is 1210. The first-order valence-corrected chi connectivity index (χ1v) is 7.79. The van der Waals surface area contributed by atoms with Crippen molar-refractivity contribution in [2.24, 2.45) is 0 Å². The predicted octanol–water partition coefficient (Wildman–Crippen LogP) is 3.13. The average molecular weight is 350 g/mol. The number of fused-ring (bicyclic) bond motifs is 2. The van der Waals surface area contributed by atoms with Crippen molar-refractivity contribution in [2.45, 2.75) is 0 Å². The Morgan fingerprint density at radius 3 is 2.73 bits per heavy atom. The molecule has 7 nitrogen and oxygen atoms in total. The van der Waals surface area contributed by atoms with Crippen LogP contribution in [0.1, 0.15) is 10.4 Å². The first-order valence-electron chi connectivity index (χ1n) is 7.79. The fourth-order valence-electron chi connectivity index (χ4n) is 2.78. The van der Waals surface area contributed by atoms with Gasteiger partial charge in [0, 0.05) is 5.39 Å². The number of carbonyl (C=O) groups excluding carboxylic acids is 1. The molecule has 0 spiro atoms. The molecule has 1 N–H and O–H groups in total. The third-order valence-corrected chi connectivity index (χ3v) is 4.10. The molecule has 130 valence electrons. The van der Waals surface area contributed by atoms with Gasteiger partial charge in [0.2, 0.25) is 0 Å². The third-order valence-electron chi connectivity index (χ3n) is 4.10. The standard InChI is InChI=1S/C19H14N2O5/c1-24-12-4-6-16-11(7-12)8-13(19(23)26-16)17-20-14-5-3-10(18(22)25-2)9-15(14)21-17/h3-9H,1-2H3,(H,20,21). The Kier molecular flexibility index (Phi) is 3.69. The quantitative estimate of drug-likeness (QED) is 0.451. The normalized spacial score (nSPS) is 11.0. The largest absolute Gasteiger partial charge is 0.497 e. The molecule has 0 fully saturated rings. The third kappa shape index (κ3) is 2.59. The summed E-state index contributed by atoms with van der Waals surface area (Å²) in [5.41, 5.74) is 1.89. The van der Waals surface area contributed by atoms with E-state index >= 15 is 0 Å². The lowest BCUT2D eigenvalue weighted by atomic mass is 10.1. The molecule has 0 saturated carbocycles. The number of hydrogen-bond donors (Lipinski definition) is 1. The molecule has 0 saturated heterocycles. The number of hydrogen-bond acceptors (Lipinski definition) is 6. The van der Waals surface area contributed by atoms with Crippen molar-refractivity contribution in [3.05, 3.63) is 58.4 Å². The van der Waals surface area contributed by atoms with Crippen molar-refractivity contribution in [3.63, 3.8) is 0 Å². The van der Waals surface area contributed by atoms with Crippen LogP contribution in [0.15, 0.2) is 51.7 Å². The van der Waals surface area contributed by atoms with Crippen LogP contribution in [0, 0.1) is 0 Å². The lowest BCUT2D eigenvalue weighted by Gasteiger charge is -2.02. The van der Waals surface area contributed by atoms with E-state index in [9.17, 15) is 9.59 Å². The molecule has 2 aromatic carbocycles. The second kappa shape index (κ2) is 6.03. The number of benzene rings is 2. The molecule has 26 heavy (non-hydrogen) atoms. The zero-order valence-electron chi connectivity index (χ0n) is 14.0. The number of nitrogens with one attached hydrogen (secondary N) is 1. The molecule has 2 aromatic heterocycles. The van der Waals surface area contributed by atoms with E-state index in [4.69, 9.17) is 13.9 Å². The number of nitrogens with zero attached hydrogens (tertiary/aromatic N) is 1. The van der Waals surface area contributed by atoms with Crippen LogP contribution in [0.2, 0.25) is 0 Å². The van der Waals surface area contributed by atoms with Crippen molar-refractivity contribution >= 4 is 28.0 Å². The number of aromatic nitrogens is 2. The summed E-state index contributed by atoms with van der Waals surface area (Å²) in [5, 5.41) is 0.717. The minimum absolute atomic E-state index is 0.293. The van der Waals surface area contributed by atoms with Crippen molar-refractivity contribution < 1.29 is 18.7 Å². The van der Waals surface area contributed by atoms with E-state index in [-0.39, 0.29) is 0 Å². The summed E-state index contributed by atoms with van der Waals surface area (Å²) in [7, 11) is 2.89. The summed E-state index contributed by atoms with van der Waals surface area (Å²) < 4.78 is 15.3. The highest BCUT2D eigenvalue weighted by Crippen LogP contribution is 2.25. The maximum atomic E-state index is 12.4. The Hall–Kier alpha value is -3.61. The monoisotopic (exact) mass is 350 g/mol. The van der Waals surface area contributed by atoms with E-state index in [1.165, 1.54) is 7.11 Å². The zero-order chi connectivity index (χ0) is 18.3. The van der Waals surface area contributed by atoms with Crippen LogP contribution in [0.25, 0.3) is 33.4 Å². The molecule has 0 aliphatic rings. The van der Waals surface area contributed by atoms with Gasteiger partial charge in [-0.25, -0.2) is 14.6 Å². The summed E-state index contributed by atoms with van der Waals surface area (Å²) in [4.78, 5) is 31.5. The fourth-order valence-corrected chi connectivity index (χ4v) is 2.78. The number of imidazole rings is 1. The van der Waals surface area contributed by atoms with Crippen molar-refractivity contribution in [1.82, 2.24) is 9.97 Å². The molecule has 4 rings (SSSR count). The average Bonchev–Trinajstić information content (AvgIpc) is 3.09. The van der Waals surface area contributed by atoms with Gasteiger partial charge in [-0.05, 0) is 42.5 Å². The van der Waals surface area contributed by atoms with Gasteiger partial charge < -0.3 is 18.9 Å². The SMILES string of the molecule is COC(=O)c1ccc2nc(-c3cc4cc(OC)ccc4oc3=O)[nH]c2c1. The summed E-state index contributed by atoms with van der Waals surface area (Å²) in [5.74, 6) is 0.575. The first kappa shape index (κ1) is 15.9. The van der Waals surface area contributed by atoms with Gasteiger partial charge in [0.25, 0.3) is 0 Å². The number of esters is 1. The van der Waals surface area contributed by atoms with Gasteiger partial charge in [-0.2, -0.15) is 0 Å². The van der Waals surface area contributed by atoms with Gasteiger partial charge in [-0.1, -0.05) is 0 Å². The Morgan fingerprint density at radius 1 is 1.12 bits per heavy atom. The molecular weight excluding hydrogens is 336 g/mol. The Labute approximate surface area is 147 Å². The van der Waals surface area contributed by atoms with Crippen LogP contribution in [0.3, 0.4) is 0 Å². The van der Waals surface area contributed by atoms with E-state index in [0.717, 1.165) is 5.39 Å². The maximum Gasteiger partial charge on any atom is 0.347 e. The van der Waals surface area contributed by atoms with Crippen LogP contribution in [0.4, 0.5) is 0 Å². The van der Waals surface area contributed by atoms with Crippen LogP contribution < -0.4 is 10.4 Å². The van der Waals surface area contributed by atoms with Gasteiger partial charge in [0.1, 0.15) is 22.7 Å². The van der Waals surface area contributed by atoms with E-state index in [0.29, 0.717) is 39.3 Å². The molecule has 0 atom stereocenters. The Balaban J connectivity index is 1.87. The van der Waals surface area contributed by atoms with Gasteiger partial charge in [0.05, 0.1) is 30.8 Å². The van der Waals surface area contributed by atoms with Crippen LogP contribution in [-0.4, -0.2) is 30.2 Å². The molecule has 7 heteroatoms. The number of methoxy groups -OCH3 is 2.